The predicted molar refractivity (Wildman–Crippen MR) is 55.1 cm³/mol. The maximum absolute atomic E-state index is 11.7. The van der Waals surface area contributed by atoms with E-state index in [1.54, 1.807) is 0 Å². The SMILES string of the molecule is O=C(Nc1cn[nH]n1)C1CCCSC1. The molecule has 0 aromatic carbocycles. The van der Waals surface area contributed by atoms with Crippen LogP contribution in [0.15, 0.2) is 6.20 Å². The summed E-state index contributed by atoms with van der Waals surface area (Å²) in [5.41, 5.74) is 0. The lowest BCUT2D eigenvalue weighted by Crippen LogP contribution is -2.27. The minimum Gasteiger partial charge on any atom is -0.308 e. The van der Waals surface area contributed by atoms with Gasteiger partial charge < -0.3 is 5.32 Å². The van der Waals surface area contributed by atoms with Crippen molar-refractivity contribution >= 4 is 23.5 Å². The van der Waals surface area contributed by atoms with Gasteiger partial charge in [-0.2, -0.15) is 22.1 Å². The van der Waals surface area contributed by atoms with Crippen molar-refractivity contribution in [2.45, 2.75) is 12.8 Å². The van der Waals surface area contributed by atoms with Gasteiger partial charge >= 0.3 is 0 Å². The van der Waals surface area contributed by atoms with Gasteiger partial charge in [0.1, 0.15) is 0 Å². The molecule has 0 aliphatic carbocycles. The molecule has 0 bridgehead atoms. The number of carbonyl (C=O) groups excluding carboxylic acids is 1. The summed E-state index contributed by atoms with van der Waals surface area (Å²) >= 11 is 1.84. The summed E-state index contributed by atoms with van der Waals surface area (Å²) in [7, 11) is 0. The Hall–Kier alpha value is -1.04. The van der Waals surface area contributed by atoms with Crippen molar-refractivity contribution < 1.29 is 4.79 Å². The van der Waals surface area contributed by atoms with Gasteiger partial charge in [-0.05, 0) is 18.6 Å². The van der Waals surface area contributed by atoms with Gasteiger partial charge in [-0.15, -0.1) is 5.10 Å². The van der Waals surface area contributed by atoms with Crippen LogP contribution in [-0.4, -0.2) is 32.8 Å². The molecule has 1 saturated heterocycles. The Labute approximate surface area is 86.0 Å². The quantitative estimate of drug-likeness (QED) is 0.763. The first-order valence-corrected chi connectivity index (χ1v) is 5.76. The van der Waals surface area contributed by atoms with Crippen molar-refractivity contribution in [3.05, 3.63) is 6.20 Å². The molecule has 0 spiro atoms. The van der Waals surface area contributed by atoms with Crippen molar-refractivity contribution in [1.29, 1.82) is 0 Å². The molecule has 1 aliphatic rings. The van der Waals surface area contributed by atoms with Crippen LogP contribution in [-0.2, 0) is 4.79 Å². The standard InChI is InChI=1S/C8H12N4OS/c13-8(6-2-1-3-14-5-6)10-7-4-9-12-11-7/h4,6H,1-3,5H2,(H2,9,10,11,12,13). The number of rotatable bonds is 2. The third kappa shape index (κ3) is 2.25. The highest BCUT2D eigenvalue weighted by molar-refractivity contribution is 7.99. The van der Waals surface area contributed by atoms with Crippen molar-refractivity contribution in [3.63, 3.8) is 0 Å². The molecule has 0 saturated carbocycles. The number of hydrogen-bond acceptors (Lipinski definition) is 4. The van der Waals surface area contributed by atoms with Crippen LogP contribution in [0.1, 0.15) is 12.8 Å². The number of hydrogen-bond donors (Lipinski definition) is 2. The summed E-state index contributed by atoms with van der Waals surface area (Å²) in [5, 5.41) is 12.6. The summed E-state index contributed by atoms with van der Waals surface area (Å²) in [6.07, 6.45) is 3.62. The summed E-state index contributed by atoms with van der Waals surface area (Å²) in [4.78, 5) is 11.7. The number of H-pyrrole nitrogens is 1. The Balaban J connectivity index is 1.88. The molecule has 1 fully saturated rings. The van der Waals surface area contributed by atoms with Crippen LogP contribution in [0.2, 0.25) is 0 Å². The maximum Gasteiger partial charge on any atom is 0.229 e. The molecule has 1 atom stereocenters. The lowest BCUT2D eigenvalue weighted by Gasteiger charge is -2.19. The first-order valence-electron chi connectivity index (χ1n) is 4.60. The minimum absolute atomic E-state index is 0.0612. The molecule has 1 aliphatic heterocycles. The number of thioether (sulfide) groups is 1. The molecule has 1 unspecified atom stereocenters. The van der Waals surface area contributed by atoms with Gasteiger partial charge in [0, 0.05) is 11.7 Å². The Bertz CT molecular complexity index is 294. The summed E-state index contributed by atoms with van der Waals surface area (Å²) < 4.78 is 0. The average molecular weight is 212 g/mol. The van der Waals surface area contributed by atoms with E-state index in [2.05, 4.69) is 20.7 Å². The monoisotopic (exact) mass is 212 g/mol. The Kier molecular flexibility index (Phi) is 3.03. The third-order valence-electron chi connectivity index (χ3n) is 2.20. The second kappa shape index (κ2) is 4.45. The van der Waals surface area contributed by atoms with Crippen LogP contribution in [0.5, 0.6) is 0 Å². The van der Waals surface area contributed by atoms with E-state index < -0.39 is 0 Å². The van der Waals surface area contributed by atoms with Gasteiger partial charge in [0.05, 0.1) is 6.20 Å². The summed E-state index contributed by atoms with van der Waals surface area (Å²) in [6.45, 7) is 0. The van der Waals surface area contributed by atoms with Gasteiger partial charge in [-0.3, -0.25) is 4.79 Å². The molecule has 76 valence electrons. The number of nitrogens with one attached hydrogen (secondary N) is 2. The molecule has 2 N–H and O–H groups in total. The smallest absolute Gasteiger partial charge is 0.229 e. The molecule has 6 heteroatoms. The van der Waals surface area contributed by atoms with Crippen LogP contribution in [0.3, 0.4) is 0 Å². The number of amides is 1. The minimum atomic E-state index is 0.0612. The molecule has 1 aromatic heterocycles. The van der Waals surface area contributed by atoms with E-state index in [0.717, 1.165) is 18.6 Å². The fourth-order valence-corrected chi connectivity index (χ4v) is 2.58. The zero-order valence-electron chi connectivity index (χ0n) is 7.69. The van der Waals surface area contributed by atoms with Crippen molar-refractivity contribution in [1.82, 2.24) is 15.4 Å². The Morgan fingerprint density at radius 1 is 1.71 bits per heavy atom. The number of aromatic nitrogens is 3. The molecular formula is C8H12N4OS. The fraction of sp³-hybridized carbons (Fsp3) is 0.625. The zero-order valence-corrected chi connectivity index (χ0v) is 8.51. The topological polar surface area (TPSA) is 70.7 Å². The van der Waals surface area contributed by atoms with Gasteiger partial charge in [0.25, 0.3) is 0 Å². The highest BCUT2D eigenvalue weighted by atomic mass is 32.2. The van der Waals surface area contributed by atoms with E-state index in [0.29, 0.717) is 5.82 Å². The fourth-order valence-electron chi connectivity index (χ4n) is 1.44. The lowest BCUT2D eigenvalue weighted by atomic mass is 10.1. The number of anilines is 1. The highest BCUT2D eigenvalue weighted by Gasteiger charge is 2.21. The molecule has 14 heavy (non-hydrogen) atoms. The average Bonchev–Trinajstić information content (AvgIpc) is 2.72. The molecule has 1 amide bonds. The van der Waals surface area contributed by atoms with Gasteiger partial charge in [0.15, 0.2) is 5.82 Å². The number of aromatic amines is 1. The Morgan fingerprint density at radius 3 is 3.29 bits per heavy atom. The van der Waals surface area contributed by atoms with E-state index in [-0.39, 0.29) is 11.8 Å². The molecular weight excluding hydrogens is 200 g/mol. The second-order valence-electron chi connectivity index (χ2n) is 3.26. The summed E-state index contributed by atoms with van der Waals surface area (Å²) in [5.74, 6) is 2.79. The normalized spacial score (nSPS) is 21.9. The van der Waals surface area contributed by atoms with Crippen LogP contribution in [0.4, 0.5) is 5.82 Å². The number of nitrogens with zero attached hydrogens (tertiary/aromatic N) is 2. The predicted octanol–water partition coefficient (Wildman–Crippen LogP) is 0.886. The van der Waals surface area contributed by atoms with E-state index in [1.165, 1.54) is 11.9 Å². The van der Waals surface area contributed by atoms with Crippen LogP contribution < -0.4 is 5.32 Å². The summed E-state index contributed by atoms with van der Waals surface area (Å²) in [6, 6.07) is 0. The van der Waals surface area contributed by atoms with Gasteiger partial charge in [0.2, 0.25) is 5.91 Å². The van der Waals surface area contributed by atoms with Gasteiger partial charge in [-0.1, -0.05) is 0 Å². The Morgan fingerprint density at radius 2 is 2.64 bits per heavy atom. The van der Waals surface area contributed by atoms with Crippen LogP contribution in [0.25, 0.3) is 0 Å². The van der Waals surface area contributed by atoms with Gasteiger partial charge in [-0.25, -0.2) is 0 Å². The highest BCUT2D eigenvalue weighted by Crippen LogP contribution is 2.23. The molecule has 1 aromatic rings. The second-order valence-corrected chi connectivity index (χ2v) is 4.41. The largest absolute Gasteiger partial charge is 0.308 e. The first-order chi connectivity index (χ1) is 6.86. The first kappa shape index (κ1) is 9.51. The van der Waals surface area contributed by atoms with Crippen LogP contribution in [0, 0.1) is 5.92 Å². The van der Waals surface area contributed by atoms with E-state index in [9.17, 15) is 4.79 Å². The van der Waals surface area contributed by atoms with Crippen LogP contribution >= 0.6 is 11.8 Å². The zero-order chi connectivity index (χ0) is 9.80. The van der Waals surface area contributed by atoms with Crippen molar-refractivity contribution in [3.8, 4) is 0 Å². The molecule has 2 heterocycles. The lowest BCUT2D eigenvalue weighted by molar-refractivity contribution is -0.119. The molecule has 2 rings (SSSR count). The third-order valence-corrected chi connectivity index (χ3v) is 3.41. The maximum atomic E-state index is 11.7. The van der Waals surface area contributed by atoms with E-state index in [4.69, 9.17) is 0 Å². The van der Waals surface area contributed by atoms with E-state index in [1.807, 2.05) is 11.8 Å². The van der Waals surface area contributed by atoms with Crippen molar-refractivity contribution in [2.75, 3.05) is 16.8 Å². The van der Waals surface area contributed by atoms with Crippen molar-refractivity contribution in [2.24, 2.45) is 5.92 Å². The molecule has 0 radical (unpaired) electrons. The van der Waals surface area contributed by atoms with E-state index >= 15 is 0 Å². The number of carbonyl (C=O) groups is 1. The molecule has 5 nitrogen and oxygen atoms in total.